The summed E-state index contributed by atoms with van der Waals surface area (Å²) in [5, 5.41) is 0. The number of hydrogen-bond donors (Lipinski definition) is 0. The van der Waals surface area contributed by atoms with Crippen molar-refractivity contribution in [3.63, 3.8) is 0 Å². The van der Waals surface area contributed by atoms with Gasteiger partial charge in [0.05, 0.1) is 14.2 Å². The Bertz CT molecular complexity index is 540. The molecule has 2 aliphatic rings. The third-order valence-electron chi connectivity index (χ3n) is 2.59. The zero-order chi connectivity index (χ0) is 13.8. The van der Waals surface area contributed by atoms with Crippen molar-refractivity contribution < 1.29 is 28.5 Å². The highest BCUT2D eigenvalue weighted by Gasteiger charge is 2.31. The summed E-state index contributed by atoms with van der Waals surface area (Å²) in [6.07, 6.45) is -0.565. The Labute approximate surface area is 109 Å². The van der Waals surface area contributed by atoms with Crippen LogP contribution in [-0.4, -0.2) is 33.0 Å². The van der Waals surface area contributed by atoms with Crippen molar-refractivity contribution in [2.75, 3.05) is 21.0 Å². The molecule has 100 valence electrons. The molecule has 1 aliphatic carbocycles. The van der Waals surface area contributed by atoms with Crippen LogP contribution in [0.25, 0.3) is 5.76 Å². The van der Waals surface area contributed by atoms with Crippen LogP contribution in [0.1, 0.15) is 15.9 Å². The molecule has 6 heteroatoms. The Balaban J connectivity index is 0.000000224. The Morgan fingerprint density at radius 2 is 1.47 bits per heavy atom. The van der Waals surface area contributed by atoms with Gasteiger partial charge in [-0.15, -0.1) is 0 Å². The molecule has 1 heterocycles. The lowest BCUT2D eigenvalue weighted by molar-refractivity contribution is -0.102. The number of Topliss-reactive ketones (excluding diaryl/α,β-unsaturated/α-hetero) is 1. The fourth-order valence-corrected chi connectivity index (χ4v) is 1.72. The molecule has 1 aromatic rings. The maximum Gasteiger partial charge on any atom is 0.514 e. The monoisotopic (exact) mass is 264 g/mol. The molecule has 0 amide bonds. The highest BCUT2D eigenvalue weighted by Crippen LogP contribution is 2.32. The largest absolute Gasteiger partial charge is 0.514 e. The fourth-order valence-electron chi connectivity index (χ4n) is 1.72. The first-order valence-corrected chi connectivity index (χ1v) is 5.45. The molecule has 6 nitrogen and oxygen atoms in total. The van der Waals surface area contributed by atoms with Crippen molar-refractivity contribution in [2.24, 2.45) is 0 Å². The van der Waals surface area contributed by atoms with Crippen LogP contribution in [0.2, 0.25) is 0 Å². The molecule has 0 atom stereocenters. The summed E-state index contributed by atoms with van der Waals surface area (Å²) in [7, 11) is 3.00. The van der Waals surface area contributed by atoms with Crippen LogP contribution in [0.3, 0.4) is 0 Å². The topological polar surface area (TPSA) is 71.1 Å². The summed E-state index contributed by atoms with van der Waals surface area (Å²) in [6, 6.07) is 7.30. The van der Waals surface area contributed by atoms with Crippen molar-refractivity contribution >= 4 is 17.7 Å². The first kappa shape index (κ1) is 12.9. The lowest BCUT2D eigenvalue weighted by Gasteiger charge is -2.10. The Hall–Kier alpha value is -2.50. The van der Waals surface area contributed by atoms with Crippen LogP contribution in [0, 0.1) is 0 Å². The molecule has 0 radical (unpaired) electrons. The summed E-state index contributed by atoms with van der Waals surface area (Å²) in [5.41, 5.74) is 1.44. The molecule has 19 heavy (non-hydrogen) atoms. The van der Waals surface area contributed by atoms with E-state index in [0.717, 1.165) is 5.56 Å². The second-order valence-corrected chi connectivity index (χ2v) is 3.60. The molecule has 0 saturated carbocycles. The van der Waals surface area contributed by atoms with Gasteiger partial charge in [0.25, 0.3) is 0 Å². The van der Waals surface area contributed by atoms with E-state index in [2.05, 4.69) is 9.47 Å². The van der Waals surface area contributed by atoms with Gasteiger partial charge in [0.2, 0.25) is 18.3 Å². The van der Waals surface area contributed by atoms with Gasteiger partial charge in [0, 0.05) is 11.1 Å². The van der Waals surface area contributed by atoms with Crippen molar-refractivity contribution in [3.8, 4) is 0 Å². The van der Waals surface area contributed by atoms with Crippen LogP contribution >= 0.6 is 0 Å². The van der Waals surface area contributed by atoms with E-state index in [9.17, 15) is 9.59 Å². The third-order valence-corrected chi connectivity index (χ3v) is 2.59. The minimum Gasteiger partial charge on any atom is -0.492 e. The van der Waals surface area contributed by atoms with Gasteiger partial charge in [-0.2, -0.15) is 0 Å². The minimum atomic E-state index is -0.565. The van der Waals surface area contributed by atoms with E-state index in [1.807, 2.05) is 18.2 Å². The number of ketones is 1. The maximum absolute atomic E-state index is 11.7. The summed E-state index contributed by atoms with van der Waals surface area (Å²) in [4.78, 5) is 21.2. The average Bonchev–Trinajstić information content (AvgIpc) is 2.69. The number of allylic oxidation sites excluding steroid dienone is 1. The van der Waals surface area contributed by atoms with E-state index in [-0.39, 0.29) is 18.3 Å². The molecule has 0 spiro atoms. The van der Waals surface area contributed by atoms with Gasteiger partial charge in [-0.1, -0.05) is 24.3 Å². The van der Waals surface area contributed by atoms with Crippen LogP contribution in [-0.2, 0) is 18.9 Å². The van der Waals surface area contributed by atoms with E-state index < -0.39 is 6.16 Å². The fraction of sp³-hybridized carbons (Fsp3) is 0.231. The number of cyclic esters (lactones) is 2. The van der Waals surface area contributed by atoms with Crippen molar-refractivity contribution in [1.29, 1.82) is 0 Å². The number of benzene rings is 1. The van der Waals surface area contributed by atoms with E-state index in [4.69, 9.17) is 9.47 Å². The van der Waals surface area contributed by atoms with Crippen LogP contribution in [0.5, 0.6) is 0 Å². The standard InChI is InChI=1S/C11H10O3.C2H2O3/c1-13-10-8-6-4-3-5-7(8)9(12)11(10)14-2;3-2-4-1-5-2/h3-6H,1-2H3;1H2. The molecule has 1 aliphatic heterocycles. The van der Waals surface area contributed by atoms with E-state index in [1.165, 1.54) is 14.2 Å². The predicted octanol–water partition coefficient (Wildman–Crippen LogP) is 1.96. The Morgan fingerprint density at radius 3 is 1.89 bits per heavy atom. The highest BCUT2D eigenvalue weighted by molar-refractivity contribution is 6.18. The van der Waals surface area contributed by atoms with E-state index >= 15 is 0 Å². The molecule has 3 rings (SSSR count). The normalized spacial score (nSPS) is 15.5. The van der Waals surface area contributed by atoms with Crippen molar-refractivity contribution in [2.45, 2.75) is 0 Å². The van der Waals surface area contributed by atoms with Crippen molar-refractivity contribution in [1.82, 2.24) is 0 Å². The van der Waals surface area contributed by atoms with Gasteiger partial charge in [-0.05, 0) is 0 Å². The van der Waals surface area contributed by atoms with Gasteiger partial charge in [-0.3, -0.25) is 4.79 Å². The smallest absolute Gasteiger partial charge is 0.492 e. The summed E-state index contributed by atoms with van der Waals surface area (Å²) < 4.78 is 18.3. The first-order chi connectivity index (χ1) is 9.19. The molecule has 0 bridgehead atoms. The van der Waals surface area contributed by atoms with Crippen LogP contribution in [0.15, 0.2) is 30.0 Å². The number of carbonyl (C=O) groups is 2. The Morgan fingerprint density at radius 1 is 0.947 bits per heavy atom. The third kappa shape index (κ3) is 2.37. The number of ether oxygens (including phenoxy) is 4. The zero-order valence-electron chi connectivity index (χ0n) is 10.5. The Kier molecular flexibility index (Phi) is 3.70. The van der Waals surface area contributed by atoms with Gasteiger partial charge >= 0.3 is 6.16 Å². The average molecular weight is 264 g/mol. The molecule has 1 saturated heterocycles. The van der Waals surface area contributed by atoms with Gasteiger partial charge < -0.3 is 18.9 Å². The van der Waals surface area contributed by atoms with E-state index in [0.29, 0.717) is 11.3 Å². The molecule has 1 fully saturated rings. The number of methoxy groups -OCH3 is 2. The van der Waals surface area contributed by atoms with Gasteiger partial charge in [-0.25, -0.2) is 4.79 Å². The molecule has 1 aromatic carbocycles. The molecule has 0 N–H and O–H groups in total. The quantitative estimate of drug-likeness (QED) is 0.760. The summed E-state index contributed by atoms with van der Waals surface area (Å²) in [6.45, 7) is 0.138. The molecular weight excluding hydrogens is 252 g/mol. The SMILES string of the molecule is COC1=C(OC)c2ccccc2C1=O.O=C1OCO1. The predicted molar refractivity (Wildman–Crippen MR) is 64.1 cm³/mol. The number of fused-ring (bicyclic) bond motifs is 1. The first-order valence-electron chi connectivity index (χ1n) is 5.45. The maximum atomic E-state index is 11.7. The number of rotatable bonds is 2. The minimum absolute atomic E-state index is 0.111. The lowest BCUT2D eigenvalue weighted by atomic mass is 10.1. The zero-order valence-corrected chi connectivity index (χ0v) is 10.5. The highest BCUT2D eigenvalue weighted by atomic mass is 16.9. The number of carbonyl (C=O) groups excluding carboxylic acids is 2. The second-order valence-electron chi connectivity index (χ2n) is 3.60. The van der Waals surface area contributed by atoms with Crippen LogP contribution in [0.4, 0.5) is 4.79 Å². The molecular formula is C13H12O6. The second kappa shape index (κ2) is 5.43. The molecule has 0 aromatic heterocycles. The van der Waals surface area contributed by atoms with Crippen LogP contribution < -0.4 is 0 Å². The van der Waals surface area contributed by atoms with Gasteiger partial charge in [0.15, 0.2) is 5.76 Å². The van der Waals surface area contributed by atoms with Crippen molar-refractivity contribution in [3.05, 3.63) is 41.2 Å². The summed E-state index contributed by atoms with van der Waals surface area (Å²) in [5.74, 6) is 0.696. The summed E-state index contributed by atoms with van der Waals surface area (Å²) >= 11 is 0. The molecule has 0 unspecified atom stereocenters. The van der Waals surface area contributed by atoms with Gasteiger partial charge in [0.1, 0.15) is 0 Å². The van der Waals surface area contributed by atoms with E-state index in [1.54, 1.807) is 6.07 Å². The number of hydrogen-bond acceptors (Lipinski definition) is 6. The lowest BCUT2D eigenvalue weighted by Crippen LogP contribution is -2.21.